The Morgan fingerprint density at radius 2 is 1.62 bits per heavy atom. The van der Waals surface area contributed by atoms with Gasteiger partial charge in [-0.3, -0.25) is 9.69 Å². The van der Waals surface area contributed by atoms with E-state index in [9.17, 15) is 9.59 Å². The fraction of sp³-hybridized carbons (Fsp3) is 0.422. The third-order valence-corrected chi connectivity index (χ3v) is 12.4. The van der Waals surface area contributed by atoms with Crippen LogP contribution in [0.1, 0.15) is 72.2 Å². The fourth-order valence-electron chi connectivity index (χ4n) is 8.19. The summed E-state index contributed by atoms with van der Waals surface area (Å²) >= 11 is 13.1. The van der Waals surface area contributed by atoms with Gasteiger partial charge in [-0.1, -0.05) is 90.5 Å². The quantitative estimate of drug-likeness (QED) is 0.112. The maximum absolute atomic E-state index is 14.1. The maximum atomic E-state index is 14.1. The molecule has 0 spiro atoms. The number of rotatable bonds is 15. The molecule has 2 atom stereocenters. The average molecular weight is 788 g/mol. The molecule has 4 fully saturated rings. The molecule has 0 unspecified atom stereocenters. The van der Waals surface area contributed by atoms with E-state index in [1.54, 1.807) is 44.6 Å². The van der Waals surface area contributed by atoms with Gasteiger partial charge in [0, 0.05) is 29.6 Å². The molecule has 4 saturated heterocycles. The molecule has 4 aliphatic heterocycles. The predicted octanol–water partition coefficient (Wildman–Crippen LogP) is 9.03. The van der Waals surface area contributed by atoms with Crippen molar-refractivity contribution < 1.29 is 28.5 Å². The summed E-state index contributed by atoms with van der Waals surface area (Å²) in [6.07, 6.45) is 7.21. The molecular weight excluding hydrogens is 735 g/mol. The normalized spacial score (nSPS) is 21.9. The third-order valence-electron chi connectivity index (χ3n) is 11.6. The van der Waals surface area contributed by atoms with Crippen LogP contribution < -0.4 is 9.47 Å². The maximum Gasteiger partial charge on any atom is 0.338 e. The van der Waals surface area contributed by atoms with Crippen LogP contribution >= 0.6 is 23.2 Å². The molecule has 10 heteroatoms. The van der Waals surface area contributed by atoms with Gasteiger partial charge in [0.2, 0.25) is 0 Å². The van der Waals surface area contributed by atoms with Crippen molar-refractivity contribution >= 4 is 35.1 Å². The third kappa shape index (κ3) is 9.49. The summed E-state index contributed by atoms with van der Waals surface area (Å²) in [4.78, 5) is 32.5. The van der Waals surface area contributed by atoms with E-state index in [1.165, 1.54) is 6.08 Å². The molecule has 0 amide bonds. The van der Waals surface area contributed by atoms with E-state index in [-0.39, 0.29) is 18.5 Å². The molecule has 0 aromatic heterocycles. The summed E-state index contributed by atoms with van der Waals surface area (Å²) in [7, 11) is 3.12. The Balaban J connectivity index is 1.09. The minimum Gasteiger partial charge on any atom is -0.493 e. The minimum absolute atomic E-state index is 0.00695. The number of fused-ring (bicyclic) bond motifs is 3. The summed E-state index contributed by atoms with van der Waals surface area (Å²) in [6, 6.07) is 23.2. The van der Waals surface area contributed by atoms with Crippen molar-refractivity contribution in [3.63, 3.8) is 0 Å². The van der Waals surface area contributed by atoms with E-state index in [4.69, 9.17) is 42.1 Å². The first kappa shape index (κ1) is 40.6. The largest absolute Gasteiger partial charge is 0.493 e. The van der Waals surface area contributed by atoms with E-state index in [0.29, 0.717) is 44.2 Å². The molecule has 0 saturated carbocycles. The Labute approximate surface area is 335 Å². The first-order valence-corrected chi connectivity index (χ1v) is 20.0. The lowest BCUT2D eigenvalue weighted by atomic mass is 9.72. The molecule has 0 radical (unpaired) electrons. The van der Waals surface area contributed by atoms with Crippen molar-refractivity contribution in [1.29, 1.82) is 0 Å². The van der Waals surface area contributed by atoms with Crippen LogP contribution in [0.5, 0.6) is 11.5 Å². The molecule has 4 heterocycles. The first-order valence-electron chi connectivity index (χ1n) is 19.2. The van der Waals surface area contributed by atoms with E-state index in [1.807, 2.05) is 43.3 Å². The molecule has 3 aromatic carbocycles. The molecule has 0 N–H and O–H groups in total. The lowest BCUT2D eigenvalue weighted by molar-refractivity contribution is -0.168. The predicted molar refractivity (Wildman–Crippen MR) is 218 cm³/mol. The zero-order chi connectivity index (χ0) is 39.0. The van der Waals surface area contributed by atoms with Gasteiger partial charge in [0.1, 0.15) is 12.2 Å². The number of carbonyl (C=O) groups is 2. The number of halogens is 2. The second kappa shape index (κ2) is 18.7. The summed E-state index contributed by atoms with van der Waals surface area (Å²) in [6.45, 7) is 11.1. The van der Waals surface area contributed by atoms with E-state index in [2.05, 4.69) is 28.5 Å². The number of hydrogen-bond donors (Lipinski definition) is 0. The van der Waals surface area contributed by atoms with E-state index >= 15 is 0 Å². The smallest absolute Gasteiger partial charge is 0.338 e. The summed E-state index contributed by atoms with van der Waals surface area (Å²) in [5, 5.41) is 0.817. The van der Waals surface area contributed by atoms with Gasteiger partial charge in [0.15, 0.2) is 11.5 Å². The highest BCUT2D eigenvalue weighted by Crippen LogP contribution is 2.40. The zero-order valence-corrected chi connectivity index (χ0v) is 33.6. The van der Waals surface area contributed by atoms with Crippen LogP contribution in [-0.2, 0) is 26.1 Å². The lowest BCUT2D eigenvalue weighted by Crippen LogP contribution is -2.55. The Kier molecular flexibility index (Phi) is 13.8. The van der Waals surface area contributed by atoms with Crippen molar-refractivity contribution in [2.45, 2.75) is 63.1 Å². The van der Waals surface area contributed by atoms with Crippen molar-refractivity contribution in [3.05, 3.63) is 129 Å². The van der Waals surface area contributed by atoms with E-state index in [0.717, 1.165) is 82.5 Å². The number of nitrogens with zero attached hydrogens (tertiary/aromatic N) is 2. The average Bonchev–Trinajstić information content (AvgIpc) is 3.24. The summed E-state index contributed by atoms with van der Waals surface area (Å²) in [5.41, 5.74) is 3.26. The van der Waals surface area contributed by atoms with Crippen molar-refractivity contribution in [2.24, 2.45) is 5.92 Å². The monoisotopic (exact) mass is 786 g/mol. The standard InChI is InChI=1S/C45H52Cl2N2O6/c1-5-37(46)36(38(47)6-2)29-40(34-16-17-39(52-3)41(28-34)53-4)54-43(50)33-14-12-31(13-15-33)18-23-48-26-21-45(22-27-48,35-10-8-7-9-11-35)44(51)55-42-30-49-24-19-32(42)20-25-49/h5-17,28,32,40,42H,1,18-27,29-30H2,2-4H3/b37-36+,38-6+/t40-,42-/m0/s1. The van der Waals surface area contributed by atoms with Gasteiger partial charge in [-0.25, -0.2) is 4.79 Å². The minimum atomic E-state index is -0.737. The highest BCUT2D eigenvalue weighted by Gasteiger charge is 2.47. The zero-order valence-electron chi connectivity index (χ0n) is 32.1. The lowest BCUT2D eigenvalue weighted by Gasteiger charge is -2.46. The first-order chi connectivity index (χ1) is 26.7. The number of hydrogen-bond acceptors (Lipinski definition) is 8. The van der Waals surface area contributed by atoms with Crippen molar-refractivity contribution in [2.75, 3.05) is 53.5 Å². The molecule has 2 bridgehead atoms. The second-order valence-electron chi connectivity index (χ2n) is 14.7. The Morgan fingerprint density at radius 1 is 0.927 bits per heavy atom. The Hall–Kier alpha value is -4.08. The van der Waals surface area contributed by atoms with Crippen LogP contribution in [-0.4, -0.2) is 81.3 Å². The molecule has 55 heavy (non-hydrogen) atoms. The van der Waals surface area contributed by atoms with Gasteiger partial charge >= 0.3 is 11.9 Å². The molecule has 8 nitrogen and oxygen atoms in total. The molecule has 7 rings (SSSR count). The van der Waals surface area contributed by atoms with Gasteiger partial charge in [-0.2, -0.15) is 0 Å². The summed E-state index contributed by atoms with van der Waals surface area (Å²) in [5.74, 6) is 1.000. The SMILES string of the molecule is C=C/C(Cl)=C(C[C@H](OC(=O)c1ccc(CCN2CCC(C(=O)O[C@H]3CN4CCC3CC4)(c3ccccc3)CC2)cc1)c1ccc(OC)c(OC)c1)\C(Cl)=C/C. The Bertz CT molecular complexity index is 1860. The van der Waals surface area contributed by atoms with Crippen LogP contribution in [0.3, 0.4) is 0 Å². The van der Waals surface area contributed by atoms with Crippen LogP contribution in [0.25, 0.3) is 0 Å². The highest BCUT2D eigenvalue weighted by atomic mass is 35.5. The topological polar surface area (TPSA) is 77.5 Å². The molecule has 3 aromatic rings. The van der Waals surface area contributed by atoms with Gasteiger partial charge in [-0.05, 0) is 118 Å². The van der Waals surface area contributed by atoms with Crippen LogP contribution in [0.2, 0.25) is 0 Å². The van der Waals surface area contributed by atoms with Crippen molar-refractivity contribution in [3.8, 4) is 11.5 Å². The number of ether oxygens (including phenoxy) is 4. The number of methoxy groups -OCH3 is 2. The number of esters is 2. The summed E-state index contributed by atoms with van der Waals surface area (Å²) < 4.78 is 23.5. The molecule has 4 aliphatic rings. The number of allylic oxidation sites excluding steroid dienone is 4. The van der Waals surface area contributed by atoms with E-state index < -0.39 is 17.5 Å². The van der Waals surface area contributed by atoms with Crippen LogP contribution in [0, 0.1) is 5.92 Å². The Morgan fingerprint density at radius 3 is 2.22 bits per heavy atom. The molecular formula is C45H52Cl2N2O6. The molecule has 0 aliphatic carbocycles. The molecule has 292 valence electrons. The van der Waals surface area contributed by atoms with Crippen molar-refractivity contribution in [1.82, 2.24) is 9.80 Å². The van der Waals surface area contributed by atoms with Gasteiger partial charge < -0.3 is 23.8 Å². The number of piperidine rings is 4. The number of likely N-dealkylation sites (tertiary alicyclic amines) is 1. The number of benzene rings is 3. The van der Waals surface area contributed by atoms with Crippen LogP contribution in [0.4, 0.5) is 0 Å². The van der Waals surface area contributed by atoms with Gasteiger partial charge in [0.05, 0.1) is 25.2 Å². The fourth-order valence-corrected chi connectivity index (χ4v) is 8.59. The van der Waals surface area contributed by atoms with Gasteiger partial charge in [-0.15, -0.1) is 0 Å². The van der Waals surface area contributed by atoms with Crippen LogP contribution in [0.15, 0.2) is 107 Å². The second-order valence-corrected chi connectivity index (χ2v) is 15.5. The van der Waals surface area contributed by atoms with Gasteiger partial charge in [0.25, 0.3) is 0 Å². The number of carbonyl (C=O) groups excluding carboxylic acids is 2. The highest BCUT2D eigenvalue weighted by molar-refractivity contribution is 6.36.